The molecule has 0 aliphatic rings. The molecule has 0 spiro atoms. The lowest BCUT2D eigenvalue weighted by Gasteiger charge is -2.05. The van der Waals surface area contributed by atoms with Gasteiger partial charge in [-0.15, -0.1) is 11.3 Å². The molecular weight excluding hydrogens is 258 g/mol. The van der Waals surface area contributed by atoms with Gasteiger partial charge in [0.1, 0.15) is 11.0 Å². The summed E-state index contributed by atoms with van der Waals surface area (Å²) in [7, 11) is 0. The number of hydrogen-bond acceptors (Lipinski definition) is 6. The van der Waals surface area contributed by atoms with E-state index in [-0.39, 0.29) is 5.95 Å². The van der Waals surface area contributed by atoms with E-state index in [2.05, 4.69) is 20.3 Å². The molecule has 0 unspecified atom stereocenters. The first-order chi connectivity index (χ1) is 8.04. The minimum Gasteiger partial charge on any atom is -0.368 e. The summed E-state index contributed by atoms with van der Waals surface area (Å²) in [5, 5.41) is 4.51. The molecule has 17 heavy (non-hydrogen) atoms. The Bertz CT molecular complexity index is 519. The summed E-state index contributed by atoms with van der Waals surface area (Å²) in [6.07, 6.45) is 0. The third kappa shape index (κ3) is 3.04. The second kappa shape index (κ2) is 4.85. The number of nitrogens with zero attached hydrogens (tertiary/aromatic N) is 3. The number of nitrogens with two attached hydrogens (primary N) is 1. The highest BCUT2D eigenvalue weighted by Crippen LogP contribution is 2.18. The highest BCUT2D eigenvalue weighted by Gasteiger charge is 2.05. The minimum atomic E-state index is 0.159. The highest BCUT2D eigenvalue weighted by molar-refractivity contribution is 7.11. The van der Waals surface area contributed by atoms with Crippen LogP contribution in [0, 0.1) is 13.8 Å². The van der Waals surface area contributed by atoms with Crippen molar-refractivity contribution in [2.24, 2.45) is 0 Å². The van der Waals surface area contributed by atoms with E-state index < -0.39 is 0 Å². The lowest BCUT2D eigenvalue weighted by Crippen LogP contribution is -2.05. The van der Waals surface area contributed by atoms with Gasteiger partial charge in [0, 0.05) is 10.9 Å². The molecule has 0 saturated carbocycles. The Hall–Kier alpha value is -1.40. The van der Waals surface area contributed by atoms with Crippen LogP contribution in [0.5, 0.6) is 0 Å². The lowest BCUT2D eigenvalue weighted by atomic mass is 10.4. The highest BCUT2D eigenvalue weighted by atomic mass is 35.5. The molecule has 0 amide bonds. The van der Waals surface area contributed by atoms with Crippen LogP contribution in [-0.4, -0.2) is 15.0 Å². The summed E-state index contributed by atoms with van der Waals surface area (Å²) in [5.41, 5.74) is 6.52. The third-order valence-electron chi connectivity index (χ3n) is 2.15. The zero-order valence-electron chi connectivity index (χ0n) is 9.49. The first-order valence-electron chi connectivity index (χ1n) is 5.01. The first-order valence-corrected chi connectivity index (χ1v) is 6.21. The average molecular weight is 270 g/mol. The molecule has 3 N–H and O–H groups in total. The fourth-order valence-electron chi connectivity index (χ4n) is 1.44. The van der Waals surface area contributed by atoms with Gasteiger partial charge in [0.15, 0.2) is 0 Å². The van der Waals surface area contributed by atoms with Crippen LogP contribution in [0.3, 0.4) is 0 Å². The molecule has 0 saturated heterocycles. The maximum absolute atomic E-state index is 5.78. The number of aromatic nitrogens is 3. The molecule has 0 aliphatic carbocycles. The smallest absolute Gasteiger partial charge is 0.223 e. The molecule has 2 aromatic heterocycles. The summed E-state index contributed by atoms with van der Waals surface area (Å²) >= 11 is 7.46. The van der Waals surface area contributed by atoms with E-state index in [1.165, 1.54) is 4.88 Å². The van der Waals surface area contributed by atoms with E-state index in [0.717, 1.165) is 10.7 Å². The Morgan fingerprint density at radius 3 is 2.71 bits per heavy atom. The SMILES string of the molecule is Cc1nc(CNc2cc(Cl)nc(N)n2)c(C)s1. The Morgan fingerprint density at radius 2 is 2.12 bits per heavy atom. The van der Waals surface area contributed by atoms with Gasteiger partial charge in [-0.3, -0.25) is 0 Å². The van der Waals surface area contributed by atoms with Crippen molar-refractivity contribution in [3.63, 3.8) is 0 Å². The predicted molar refractivity (Wildman–Crippen MR) is 70.4 cm³/mol. The van der Waals surface area contributed by atoms with Crippen LogP contribution >= 0.6 is 22.9 Å². The first kappa shape index (κ1) is 12.1. The maximum atomic E-state index is 5.78. The van der Waals surface area contributed by atoms with Crippen molar-refractivity contribution >= 4 is 34.7 Å². The second-order valence-electron chi connectivity index (χ2n) is 3.52. The van der Waals surface area contributed by atoms with Crippen molar-refractivity contribution in [2.75, 3.05) is 11.1 Å². The summed E-state index contributed by atoms with van der Waals surface area (Å²) in [4.78, 5) is 13.4. The number of rotatable bonds is 3. The molecule has 0 radical (unpaired) electrons. The van der Waals surface area contributed by atoms with Crippen LogP contribution in [-0.2, 0) is 6.54 Å². The number of hydrogen-bond donors (Lipinski definition) is 2. The molecule has 90 valence electrons. The largest absolute Gasteiger partial charge is 0.368 e. The Balaban J connectivity index is 2.09. The Kier molecular flexibility index (Phi) is 3.44. The standard InChI is InChI=1S/C10H12ClN5S/c1-5-7(14-6(2)17-5)4-13-9-3-8(11)15-10(12)16-9/h3H,4H2,1-2H3,(H3,12,13,15,16). The Labute approximate surface area is 108 Å². The molecule has 0 fully saturated rings. The summed E-state index contributed by atoms with van der Waals surface area (Å²) in [6.45, 7) is 4.63. The maximum Gasteiger partial charge on any atom is 0.223 e. The van der Waals surface area contributed by atoms with Crippen molar-refractivity contribution < 1.29 is 0 Å². The third-order valence-corrected chi connectivity index (χ3v) is 3.27. The number of nitrogens with one attached hydrogen (secondary N) is 1. The molecule has 0 bridgehead atoms. The average Bonchev–Trinajstić information content (AvgIpc) is 2.53. The van der Waals surface area contributed by atoms with Crippen molar-refractivity contribution in [1.29, 1.82) is 0 Å². The summed E-state index contributed by atoms with van der Waals surface area (Å²) < 4.78 is 0. The normalized spacial score (nSPS) is 10.5. The molecule has 0 atom stereocenters. The van der Waals surface area contributed by atoms with Crippen molar-refractivity contribution in [1.82, 2.24) is 15.0 Å². The summed E-state index contributed by atoms with van der Waals surface area (Å²) in [6, 6.07) is 1.63. The number of thiazole rings is 1. The van der Waals surface area contributed by atoms with Crippen LogP contribution in [0.4, 0.5) is 11.8 Å². The van der Waals surface area contributed by atoms with E-state index in [4.69, 9.17) is 17.3 Å². The molecular formula is C10H12ClN5S. The van der Waals surface area contributed by atoms with Crippen molar-refractivity contribution in [2.45, 2.75) is 20.4 Å². The van der Waals surface area contributed by atoms with E-state index in [1.54, 1.807) is 17.4 Å². The van der Waals surface area contributed by atoms with E-state index >= 15 is 0 Å². The van der Waals surface area contributed by atoms with Gasteiger partial charge in [-0.1, -0.05) is 11.6 Å². The molecule has 0 aromatic carbocycles. The zero-order valence-corrected chi connectivity index (χ0v) is 11.1. The van der Waals surface area contributed by atoms with E-state index in [9.17, 15) is 0 Å². The monoisotopic (exact) mass is 269 g/mol. The second-order valence-corrected chi connectivity index (χ2v) is 5.32. The Morgan fingerprint density at radius 1 is 1.35 bits per heavy atom. The van der Waals surface area contributed by atoms with E-state index in [0.29, 0.717) is 17.5 Å². The van der Waals surface area contributed by atoms with Crippen molar-refractivity contribution in [3.8, 4) is 0 Å². The van der Waals surface area contributed by atoms with Gasteiger partial charge in [0.2, 0.25) is 5.95 Å². The van der Waals surface area contributed by atoms with Crippen LogP contribution in [0.25, 0.3) is 0 Å². The van der Waals surface area contributed by atoms with Gasteiger partial charge < -0.3 is 11.1 Å². The van der Waals surface area contributed by atoms with Gasteiger partial charge in [-0.25, -0.2) is 9.97 Å². The van der Waals surface area contributed by atoms with Crippen LogP contribution in [0.1, 0.15) is 15.6 Å². The number of nitrogen functional groups attached to an aromatic ring is 1. The number of anilines is 2. The topological polar surface area (TPSA) is 76.7 Å². The minimum absolute atomic E-state index is 0.159. The van der Waals surface area contributed by atoms with E-state index in [1.807, 2.05) is 13.8 Å². The summed E-state index contributed by atoms with van der Waals surface area (Å²) in [5.74, 6) is 0.763. The lowest BCUT2D eigenvalue weighted by molar-refractivity contribution is 1.02. The molecule has 2 heterocycles. The molecule has 0 aliphatic heterocycles. The zero-order chi connectivity index (χ0) is 12.4. The molecule has 2 rings (SSSR count). The van der Waals surface area contributed by atoms with Gasteiger partial charge in [0.05, 0.1) is 17.2 Å². The fraction of sp³-hybridized carbons (Fsp3) is 0.300. The molecule has 7 heteroatoms. The fourth-order valence-corrected chi connectivity index (χ4v) is 2.46. The number of aryl methyl sites for hydroxylation is 2. The predicted octanol–water partition coefficient (Wildman–Crippen LogP) is 2.40. The number of halogens is 1. The quantitative estimate of drug-likeness (QED) is 0.837. The van der Waals surface area contributed by atoms with Gasteiger partial charge in [-0.2, -0.15) is 4.98 Å². The van der Waals surface area contributed by atoms with Gasteiger partial charge in [0.25, 0.3) is 0 Å². The van der Waals surface area contributed by atoms with Gasteiger partial charge in [-0.05, 0) is 13.8 Å². The van der Waals surface area contributed by atoms with Crippen LogP contribution < -0.4 is 11.1 Å². The molecule has 5 nitrogen and oxygen atoms in total. The molecule has 2 aromatic rings. The van der Waals surface area contributed by atoms with Crippen LogP contribution in [0.15, 0.2) is 6.07 Å². The van der Waals surface area contributed by atoms with Gasteiger partial charge >= 0.3 is 0 Å². The van der Waals surface area contributed by atoms with Crippen LogP contribution in [0.2, 0.25) is 5.15 Å². The van der Waals surface area contributed by atoms with Crippen molar-refractivity contribution in [3.05, 3.63) is 26.8 Å².